The number of imidazole rings is 2. The number of nitrogens with zero attached hydrogens (tertiary/aromatic N) is 5. The van der Waals surface area contributed by atoms with E-state index in [1.807, 2.05) is 49.9 Å². The zero-order valence-electron chi connectivity index (χ0n) is 34.8. The summed E-state index contributed by atoms with van der Waals surface area (Å²) in [5.41, 5.74) is 5.89. The van der Waals surface area contributed by atoms with E-state index in [4.69, 9.17) is 14.7 Å². The minimum absolute atomic E-state index is 0.100. The second-order valence-electron chi connectivity index (χ2n) is 17.8. The second kappa shape index (κ2) is 15.1. The first-order valence-corrected chi connectivity index (χ1v) is 21.0. The van der Waals surface area contributed by atoms with Crippen LogP contribution in [-0.2, 0) is 14.3 Å². The monoisotopic (exact) mass is 812 g/mol. The number of fused-ring (bicyclic) bond motifs is 3. The lowest BCUT2D eigenvalue weighted by Gasteiger charge is -2.35. The number of methoxy groups -OCH3 is 1. The molecule has 2 saturated heterocycles. The summed E-state index contributed by atoms with van der Waals surface area (Å²) in [6, 6.07) is 19.6. The number of hydrogen-bond donors (Lipinski definition) is 4. The Hall–Kier alpha value is -6.18. The normalized spacial score (nSPS) is 23.7. The van der Waals surface area contributed by atoms with Gasteiger partial charge in [-0.15, -0.1) is 0 Å². The highest BCUT2D eigenvalue weighted by atomic mass is 16.5. The lowest BCUT2D eigenvalue weighted by Crippen LogP contribution is -2.52. The Labute approximate surface area is 348 Å². The smallest absolute Gasteiger partial charge is 0.407 e. The number of aromatic amines is 2. The Bertz CT molecular complexity index is 2480. The SMILES string of the molecule is COC(=O)N[C@H](C(=O)N1[C@H](c2ncc(-c3ccc4cc(-c5ccc(-c6cnc([C@@H]7C[C@@H]8C[C@@H]8N7C(=O)[C@H](C(C)C)N(C)C(=O)O)[nH]6)cc5)ccc4c3)[nH]2)C[C@@H]2C[C@@H]21)C(C)C. The number of nitrogens with one attached hydrogen (secondary N) is 3. The fourth-order valence-corrected chi connectivity index (χ4v) is 9.81. The second-order valence-corrected chi connectivity index (χ2v) is 17.8. The molecule has 0 spiro atoms. The summed E-state index contributed by atoms with van der Waals surface area (Å²) in [4.78, 5) is 73.1. The van der Waals surface area contributed by atoms with Gasteiger partial charge < -0.3 is 34.9 Å². The number of aromatic nitrogens is 4. The van der Waals surface area contributed by atoms with Crippen LogP contribution in [0.15, 0.2) is 73.1 Å². The summed E-state index contributed by atoms with van der Waals surface area (Å²) < 4.78 is 4.80. The van der Waals surface area contributed by atoms with Crippen molar-refractivity contribution in [2.75, 3.05) is 14.2 Å². The molecule has 4 aliphatic rings. The van der Waals surface area contributed by atoms with Gasteiger partial charge in [0.1, 0.15) is 23.7 Å². The van der Waals surface area contributed by atoms with E-state index in [9.17, 15) is 24.3 Å². The van der Waals surface area contributed by atoms with Gasteiger partial charge in [0.25, 0.3) is 0 Å². The molecule has 4 N–H and O–H groups in total. The largest absolute Gasteiger partial charge is 0.465 e. The predicted octanol–water partition coefficient (Wildman–Crippen LogP) is 7.63. The molecule has 0 unspecified atom stereocenters. The zero-order valence-corrected chi connectivity index (χ0v) is 34.8. The van der Waals surface area contributed by atoms with Crippen molar-refractivity contribution in [3.8, 4) is 33.6 Å². The molecular formula is C46H52N8O6. The van der Waals surface area contributed by atoms with Crippen LogP contribution in [0.25, 0.3) is 44.4 Å². The van der Waals surface area contributed by atoms with Crippen molar-refractivity contribution in [3.05, 3.63) is 84.7 Å². The van der Waals surface area contributed by atoms with Gasteiger partial charge in [-0.05, 0) is 89.0 Å². The predicted molar refractivity (Wildman–Crippen MR) is 225 cm³/mol. The molecule has 2 aromatic heterocycles. The van der Waals surface area contributed by atoms with Crippen LogP contribution in [0.4, 0.5) is 9.59 Å². The average Bonchev–Trinajstić information content (AvgIpc) is 3.82. The van der Waals surface area contributed by atoms with E-state index < -0.39 is 24.3 Å². The molecule has 312 valence electrons. The topological polar surface area (TPSA) is 177 Å². The van der Waals surface area contributed by atoms with Crippen LogP contribution in [0, 0.1) is 23.7 Å². The number of likely N-dealkylation sites (tertiary alicyclic amines) is 2. The minimum atomic E-state index is -1.11. The molecule has 4 heterocycles. The summed E-state index contributed by atoms with van der Waals surface area (Å²) in [6.45, 7) is 7.61. The van der Waals surface area contributed by atoms with Gasteiger partial charge in [0.2, 0.25) is 11.8 Å². The van der Waals surface area contributed by atoms with Gasteiger partial charge in [-0.3, -0.25) is 14.5 Å². The van der Waals surface area contributed by atoms with Crippen LogP contribution in [-0.4, -0.2) is 102 Å². The molecule has 14 heteroatoms. The molecule has 60 heavy (non-hydrogen) atoms. The summed E-state index contributed by atoms with van der Waals surface area (Å²) in [5.74, 6) is 1.83. The van der Waals surface area contributed by atoms with Crippen molar-refractivity contribution in [2.45, 2.75) is 89.6 Å². The lowest BCUT2D eigenvalue weighted by atomic mass is 9.98. The van der Waals surface area contributed by atoms with Crippen molar-refractivity contribution < 1.29 is 29.0 Å². The highest BCUT2D eigenvalue weighted by Crippen LogP contribution is 2.54. The molecule has 0 radical (unpaired) electrons. The van der Waals surface area contributed by atoms with Crippen LogP contribution >= 0.6 is 0 Å². The van der Waals surface area contributed by atoms with E-state index in [1.54, 1.807) is 0 Å². The Morgan fingerprint density at radius 1 is 0.717 bits per heavy atom. The first-order chi connectivity index (χ1) is 28.8. The quantitative estimate of drug-likeness (QED) is 0.105. The molecular weight excluding hydrogens is 761 g/mol. The fourth-order valence-electron chi connectivity index (χ4n) is 9.81. The maximum Gasteiger partial charge on any atom is 0.407 e. The maximum absolute atomic E-state index is 13.9. The van der Waals surface area contributed by atoms with E-state index in [-0.39, 0.29) is 47.8 Å². The van der Waals surface area contributed by atoms with Crippen molar-refractivity contribution in [3.63, 3.8) is 0 Å². The summed E-state index contributed by atoms with van der Waals surface area (Å²) in [7, 11) is 2.77. The van der Waals surface area contributed by atoms with Crippen molar-refractivity contribution in [1.29, 1.82) is 0 Å². The van der Waals surface area contributed by atoms with E-state index in [2.05, 4.69) is 75.9 Å². The molecule has 0 bridgehead atoms. The number of benzene rings is 3. The van der Waals surface area contributed by atoms with E-state index in [0.717, 1.165) is 86.6 Å². The molecule has 8 atom stereocenters. The van der Waals surface area contributed by atoms with Crippen LogP contribution < -0.4 is 5.32 Å². The van der Waals surface area contributed by atoms with Gasteiger partial charge in [0.15, 0.2) is 0 Å². The van der Waals surface area contributed by atoms with Gasteiger partial charge in [-0.1, -0.05) is 76.2 Å². The molecule has 4 fully saturated rings. The number of likely N-dealkylation sites (N-methyl/N-ethyl adjacent to an activating group) is 1. The van der Waals surface area contributed by atoms with E-state index >= 15 is 0 Å². The molecule has 4 amide bonds. The Morgan fingerprint density at radius 2 is 1.22 bits per heavy atom. The highest BCUT2D eigenvalue weighted by molar-refractivity contribution is 5.91. The third kappa shape index (κ3) is 7.05. The Balaban J connectivity index is 0.884. The van der Waals surface area contributed by atoms with Crippen LogP contribution in [0.5, 0.6) is 0 Å². The van der Waals surface area contributed by atoms with Crippen LogP contribution in [0.3, 0.4) is 0 Å². The summed E-state index contributed by atoms with van der Waals surface area (Å²) in [5, 5.41) is 14.6. The number of H-pyrrole nitrogens is 2. The van der Waals surface area contributed by atoms with Gasteiger partial charge in [0, 0.05) is 24.7 Å². The molecule has 2 saturated carbocycles. The standard InChI is InChI=1S/C46H52N8O6/c1-23(2)39(51-45(57)60-6)43(55)53-35-17-31(35)19-37(53)41-48-22-34(50-41)30-14-13-28-15-27(11-12-29(28)16-30)25-7-9-26(10-8-25)33-21-47-42(49-33)38-20-32-18-36(32)54(38)44(56)40(24(3)4)52(5)46(58)59/h7-16,21-24,31-32,35-40H,17-20H2,1-6H3,(H,47,49)(H,48,50)(H,51,57)(H,58,59)/t31-,32-,35-,36-,37-,38-,39-,40-/m0/s1. The number of carbonyl (C=O) groups excluding carboxylic acids is 3. The number of rotatable bonds is 11. The van der Waals surface area contributed by atoms with Gasteiger partial charge in [-0.2, -0.15) is 0 Å². The first-order valence-electron chi connectivity index (χ1n) is 21.0. The van der Waals surface area contributed by atoms with Crippen LogP contribution in [0.1, 0.15) is 77.1 Å². The molecule has 14 nitrogen and oxygen atoms in total. The van der Waals surface area contributed by atoms with E-state index in [0.29, 0.717) is 11.8 Å². The minimum Gasteiger partial charge on any atom is -0.465 e. The van der Waals surface area contributed by atoms with Crippen LogP contribution in [0.2, 0.25) is 0 Å². The first kappa shape index (κ1) is 39.3. The Kier molecular flexibility index (Phi) is 9.91. The van der Waals surface area contributed by atoms with Gasteiger partial charge >= 0.3 is 12.2 Å². The third-order valence-electron chi connectivity index (χ3n) is 13.2. The fraction of sp³-hybridized carbons (Fsp3) is 0.435. The number of ether oxygens (including phenoxy) is 1. The van der Waals surface area contributed by atoms with Gasteiger partial charge in [-0.25, -0.2) is 19.6 Å². The lowest BCUT2D eigenvalue weighted by molar-refractivity contribution is -0.140. The third-order valence-corrected chi connectivity index (χ3v) is 13.2. The molecule has 2 aliphatic heterocycles. The number of piperidine rings is 2. The molecule has 3 aromatic carbocycles. The number of alkyl carbamates (subject to hydrolysis) is 1. The maximum atomic E-state index is 13.9. The number of carboxylic acid groups (broad SMARTS) is 1. The molecule has 5 aromatic rings. The summed E-state index contributed by atoms with van der Waals surface area (Å²) in [6.07, 6.45) is 5.51. The van der Waals surface area contributed by atoms with Gasteiger partial charge in [0.05, 0.1) is 43.0 Å². The van der Waals surface area contributed by atoms with Crippen molar-refractivity contribution >= 4 is 34.8 Å². The number of amides is 4. The summed E-state index contributed by atoms with van der Waals surface area (Å²) >= 11 is 0. The Morgan fingerprint density at radius 3 is 1.75 bits per heavy atom. The highest BCUT2D eigenvalue weighted by Gasteiger charge is 2.57. The van der Waals surface area contributed by atoms with Crippen molar-refractivity contribution in [1.82, 2.24) is 40.0 Å². The average molecular weight is 813 g/mol. The van der Waals surface area contributed by atoms with E-state index in [1.165, 1.54) is 14.2 Å². The number of carbonyl (C=O) groups is 4. The molecule has 2 aliphatic carbocycles. The molecule has 9 rings (SSSR count). The zero-order chi connectivity index (χ0) is 42.1. The number of hydrogen-bond acceptors (Lipinski definition) is 7. The van der Waals surface area contributed by atoms with Crippen molar-refractivity contribution in [2.24, 2.45) is 23.7 Å².